The van der Waals surface area contributed by atoms with Crippen molar-refractivity contribution in [3.8, 4) is 0 Å². The number of rotatable bonds is 14. The van der Waals surface area contributed by atoms with Gasteiger partial charge in [0.1, 0.15) is 12.3 Å². The zero-order valence-corrected chi connectivity index (χ0v) is 30.4. The Morgan fingerprint density at radius 1 is 0.922 bits per heavy atom. The van der Waals surface area contributed by atoms with Crippen LogP contribution in [0.2, 0.25) is 0 Å². The Hall–Kier alpha value is -2.24. The Kier molecular flexibility index (Phi) is 12.6. The number of hydrogen-bond acceptors (Lipinski definition) is 12. The highest BCUT2D eigenvalue weighted by molar-refractivity contribution is 6.08. The number of hydrazine groups is 1. The zero-order valence-electron chi connectivity index (χ0n) is 30.4. The van der Waals surface area contributed by atoms with Crippen LogP contribution in [0.15, 0.2) is 0 Å². The fourth-order valence-corrected chi connectivity index (χ4v) is 10.1. The molecule has 2 aliphatic carbocycles. The van der Waals surface area contributed by atoms with Gasteiger partial charge in [0.25, 0.3) is 0 Å². The van der Waals surface area contributed by atoms with E-state index in [0.717, 1.165) is 77.5 Å². The first kappa shape index (κ1) is 37.1. The van der Waals surface area contributed by atoms with Crippen molar-refractivity contribution in [2.45, 2.75) is 114 Å². The van der Waals surface area contributed by atoms with E-state index < -0.39 is 12.0 Å². The smallest absolute Gasteiger partial charge is 0.243 e. The van der Waals surface area contributed by atoms with Gasteiger partial charge in [-0.3, -0.25) is 45.5 Å². The molecule has 5 saturated heterocycles. The molecular weight excluding hydrogens is 652 g/mol. The first-order valence-corrected chi connectivity index (χ1v) is 20.1. The molecule has 7 fully saturated rings. The molecule has 2 saturated carbocycles. The summed E-state index contributed by atoms with van der Waals surface area (Å²) in [5, 5.41) is 27.0. The Labute approximate surface area is 302 Å². The molecule has 0 radical (unpaired) electrons. The van der Waals surface area contributed by atoms with Crippen molar-refractivity contribution >= 4 is 23.6 Å². The third kappa shape index (κ3) is 8.45. The molecule has 0 spiro atoms. The van der Waals surface area contributed by atoms with Crippen LogP contribution in [0, 0.1) is 29.6 Å². The quantitative estimate of drug-likeness (QED) is 0.0807. The lowest BCUT2D eigenvalue weighted by atomic mass is 9.77. The lowest BCUT2D eigenvalue weighted by Crippen LogP contribution is -2.71. The molecule has 15 nitrogen and oxygen atoms in total. The van der Waals surface area contributed by atoms with Crippen LogP contribution in [-0.2, 0) is 23.9 Å². The first-order chi connectivity index (χ1) is 24.9. The number of ether oxygens (including phenoxy) is 1. The van der Waals surface area contributed by atoms with E-state index in [1.165, 1.54) is 11.3 Å². The summed E-state index contributed by atoms with van der Waals surface area (Å²) in [6.45, 7) is 9.01. The van der Waals surface area contributed by atoms with Crippen molar-refractivity contribution in [3.63, 3.8) is 0 Å². The first-order valence-electron chi connectivity index (χ1n) is 20.1. The van der Waals surface area contributed by atoms with Gasteiger partial charge in [0.05, 0.1) is 31.2 Å². The number of amides is 4. The number of nitrogens with one attached hydrogen (secondary N) is 8. The molecule has 7 aliphatic rings. The number of hydrogen-bond donors (Lipinski definition) is 8. The molecule has 9 unspecified atom stereocenters. The highest BCUT2D eigenvalue weighted by atomic mass is 16.5. The van der Waals surface area contributed by atoms with Crippen LogP contribution in [0.3, 0.4) is 0 Å². The van der Waals surface area contributed by atoms with E-state index in [1.807, 2.05) is 0 Å². The third-order valence-corrected chi connectivity index (χ3v) is 12.7. The minimum absolute atomic E-state index is 0.0323. The second-order valence-electron chi connectivity index (χ2n) is 16.0. The molecule has 9 atom stereocenters. The number of carbonyl (C=O) groups is 4. The van der Waals surface area contributed by atoms with E-state index in [4.69, 9.17) is 4.74 Å². The van der Waals surface area contributed by atoms with Gasteiger partial charge in [-0.25, -0.2) is 5.01 Å². The molecular formula is C36H62N10O5. The van der Waals surface area contributed by atoms with Crippen molar-refractivity contribution in [1.29, 1.82) is 0 Å². The number of imide groups is 1. The van der Waals surface area contributed by atoms with Gasteiger partial charge < -0.3 is 26.0 Å². The molecule has 5 aliphatic heterocycles. The molecule has 0 bridgehead atoms. The average Bonchev–Trinajstić information content (AvgIpc) is 3.87. The normalized spacial score (nSPS) is 38.8. The van der Waals surface area contributed by atoms with Crippen LogP contribution in [0.5, 0.6) is 0 Å². The second kappa shape index (κ2) is 17.3. The standard InChI is InChI=1S/C36H62N10O5/c1-2-17-45-21-23(20-41-45)30-26-12-14-38-31(26)44-36(43-30)42-24-10-8-22(9-11-24)32(47)40-16-19-51-18-15-37-27-6-3-5-25-29(27)35(50)46(34(25)49)28-7-4-13-39-33(28)48/h22-31,36-38,41-44H,2-21H2,1H3,(H,39,48)(H,40,47). The maximum absolute atomic E-state index is 13.4. The van der Waals surface area contributed by atoms with Crippen molar-refractivity contribution in [1.82, 2.24) is 52.6 Å². The lowest BCUT2D eigenvalue weighted by Gasteiger charge is -2.45. The van der Waals surface area contributed by atoms with Gasteiger partial charge in [0, 0.05) is 75.1 Å². The topological polar surface area (TPSA) is 180 Å². The van der Waals surface area contributed by atoms with Crippen LogP contribution >= 0.6 is 0 Å². The van der Waals surface area contributed by atoms with Gasteiger partial charge in [0.15, 0.2) is 0 Å². The fraction of sp³-hybridized carbons (Fsp3) is 0.889. The van der Waals surface area contributed by atoms with E-state index >= 15 is 0 Å². The summed E-state index contributed by atoms with van der Waals surface area (Å²) < 4.78 is 5.82. The molecule has 7 rings (SSSR count). The summed E-state index contributed by atoms with van der Waals surface area (Å²) >= 11 is 0. The monoisotopic (exact) mass is 714 g/mol. The number of nitrogens with zero attached hydrogens (tertiary/aromatic N) is 2. The van der Waals surface area contributed by atoms with Crippen LogP contribution in [-0.4, -0.2) is 129 Å². The van der Waals surface area contributed by atoms with E-state index in [-0.39, 0.29) is 47.8 Å². The number of fused-ring (bicyclic) bond motifs is 2. The zero-order chi connectivity index (χ0) is 35.3. The van der Waals surface area contributed by atoms with E-state index in [1.54, 1.807) is 0 Å². The van der Waals surface area contributed by atoms with E-state index in [0.29, 0.717) is 75.8 Å². The van der Waals surface area contributed by atoms with Gasteiger partial charge in [-0.15, -0.1) is 0 Å². The van der Waals surface area contributed by atoms with Crippen LogP contribution in [0.1, 0.15) is 77.6 Å². The Balaban J connectivity index is 0.770. The molecule has 4 amide bonds. The van der Waals surface area contributed by atoms with Gasteiger partial charge >= 0.3 is 0 Å². The van der Waals surface area contributed by atoms with Crippen molar-refractivity contribution in [3.05, 3.63) is 0 Å². The van der Waals surface area contributed by atoms with Crippen molar-refractivity contribution in [2.75, 3.05) is 59.0 Å². The van der Waals surface area contributed by atoms with Crippen LogP contribution < -0.4 is 42.6 Å². The SMILES string of the molecule is CCCN1CC(C2NC(NC3CCC(C(=O)NCCOCCNC4CCCC5C(=O)N(C6CCCNC6=O)C(=O)C45)CC3)NC3NCCC32)CN1. The summed E-state index contributed by atoms with van der Waals surface area (Å²) in [7, 11) is 0. The highest BCUT2D eigenvalue weighted by Crippen LogP contribution is 2.40. The average molecular weight is 715 g/mol. The predicted molar refractivity (Wildman–Crippen MR) is 190 cm³/mol. The molecule has 8 N–H and O–H groups in total. The Morgan fingerprint density at radius 3 is 2.59 bits per heavy atom. The predicted octanol–water partition coefficient (Wildman–Crippen LogP) is -1.08. The van der Waals surface area contributed by atoms with Gasteiger partial charge in [-0.2, -0.15) is 0 Å². The number of carbonyl (C=O) groups excluding carboxylic acids is 4. The van der Waals surface area contributed by atoms with Crippen molar-refractivity contribution < 1.29 is 23.9 Å². The fourth-order valence-electron chi connectivity index (χ4n) is 10.1. The molecule has 15 heteroatoms. The largest absolute Gasteiger partial charge is 0.378 e. The van der Waals surface area contributed by atoms with E-state index in [9.17, 15) is 19.2 Å². The minimum atomic E-state index is -0.673. The van der Waals surface area contributed by atoms with Gasteiger partial charge in [0.2, 0.25) is 23.6 Å². The van der Waals surface area contributed by atoms with Crippen LogP contribution in [0.25, 0.3) is 0 Å². The molecule has 286 valence electrons. The molecule has 51 heavy (non-hydrogen) atoms. The summed E-state index contributed by atoms with van der Waals surface area (Å²) in [4.78, 5) is 53.3. The van der Waals surface area contributed by atoms with Gasteiger partial charge in [-0.1, -0.05) is 13.3 Å². The van der Waals surface area contributed by atoms with Crippen LogP contribution in [0.4, 0.5) is 0 Å². The minimum Gasteiger partial charge on any atom is -0.378 e. The number of piperidine rings is 1. The second-order valence-corrected chi connectivity index (χ2v) is 16.0. The summed E-state index contributed by atoms with van der Waals surface area (Å²) in [5.74, 6) is -0.0377. The Bertz CT molecular complexity index is 1230. The summed E-state index contributed by atoms with van der Waals surface area (Å²) in [6, 6.07) is 0.0589. The van der Waals surface area contributed by atoms with Gasteiger partial charge in [-0.05, 0) is 70.8 Å². The Morgan fingerprint density at radius 2 is 1.76 bits per heavy atom. The third-order valence-electron chi connectivity index (χ3n) is 12.7. The summed E-state index contributed by atoms with van der Waals surface area (Å²) in [6.07, 6.45) is 10.1. The van der Waals surface area contributed by atoms with E-state index in [2.05, 4.69) is 54.6 Å². The molecule has 5 heterocycles. The van der Waals surface area contributed by atoms with Crippen molar-refractivity contribution in [2.24, 2.45) is 29.6 Å². The molecule has 0 aromatic rings. The maximum Gasteiger partial charge on any atom is 0.243 e. The lowest BCUT2D eigenvalue weighted by molar-refractivity contribution is -0.149. The number of likely N-dealkylation sites (tertiary alicyclic amines) is 1. The highest BCUT2D eigenvalue weighted by Gasteiger charge is 2.55. The summed E-state index contributed by atoms with van der Waals surface area (Å²) in [5.41, 5.74) is 3.61. The maximum atomic E-state index is 13.4. The molecule has 0 aromatic carbocycles. The molecule has 0 aromatic heterocycles.